The number of carbonyl (C=O) groups excluding carboxylic acids is 1. The van der Waals surface area contributed by atoms with E-state index in [0.717, 1.165) is 45.9 Å². The number of H-pyrrole nitrogens is 1. The van der Waals surface area contributed by atoms with Gasteiger partial charge in [-0.15, -0.1) is 5.10 Å². The van der Waals surface area contributed by atoms with Crippen molar-refractivity contribution < 1.29 is 4.79 Å². The van der Waals surface area contributed by atoms with E-state index >= 15 is 0 Å². The predicted octanol–water partition coefficient (Wildman–Crippen LogP) is 7.28. The number of tetrazole rings is 1. The van der Waals surface area contributed by atoms with Crippen LogP contribution in [0, 0.1) is 12.8 Å². The molecule has 3 N–H and O–H groups in total. The number of benzene rings is 3. The molecule has 0 unspecified atom stereocenters. The van der Waals surface area contributed by atoms with Gasteiger partial charge in [-0.3, -0.25) is 0 Å². The first-order valence-corrected chi connectivity index (χ1v) is 13.9. The number of urea groups is 1. The summed E-state index contributed by atoms with van der Waals surface area (Å²) in [5.41, 5.74) is 6.60. The number of anilines is 3. The maximum atomic E-state index is 13.3. The number of carbonyl (C=O) groups is 1. The van der Waals surface area contributed by atoms with Gasteiger partial charge in [0.2, 0.25) is 0 Å². The van der Waals surface area contributed by atoms with E-state index in [1.54, 1.807) is 0 Å². The SMILES string of the molecule is Cc1ccc(NC(=O)Nc2cc(-c3ccccc3-c3nnn[nH]3)ccc2N(CC(C)C)C2CCCCC2)cc1. The van der Waals surface area contributed by atoms with Crippen LogP contribution in [-0.2, 0) is 0 Å². The Kier molecular flexibility index (Phi) is 8.20. The van der Waals surface area contributed by atoms with Crippen LogP contribution in [0.25, 0.3) is 22.5 Å². The zero-order valence-electron chi connectivity index (χ0n) is 22.9. The van der Waals surface area contributed by atoms with Crippen LogP contribution in [0.15, 0.2) is 66.7 Å². The fraction of sp³-hybridized carbons (Fsp3) is 0.355. The van der Waals surface area contributed by atoms with Gasteiger partial charge < -0.3 is 15.5 Å². The Morgan fingerprint density at radius 2 is 1.72 bits per heavy atom. The molecule has 2 amide bonds. The van der Waals surface area contributed by atoms with Gasteiger partial charge in [0.1, 0.15) is 0 Å². The Hall–Kier alpha value is -4.20. The highest BCUT2D eigenvalue weighted by Gasteiger charge is 2.25. The fourth-order valence-corrected chi connectivity index (χ4v) is 5.42. The lowest BCUT2D eigenvalue weighted by Crippen LogP contribution is -2.40. The zero-order valence-corrected chi connectivity index (χ0v) is 22.9. The summed E-state index contributed by atoms with van der Waals surface area (Å²) in [7, 11) is 0. The van der Waals surface area contributed by atoms with Crippen molar-refractivity contribution in [2.24, 2.45) is 5.92 Å². The third kappa shape index (κ3) is 6.45. The van der Waals surface area contributed by atoms with Crippen LogP contribution in [0.1, 0.15) is 51.5 Å². The summed E-state index contributed by atoms with van der Waals surface area (Å²) in [6.45, 7) is 7.47. The molecular formula is C31H37N7O. The monoisotopic (exact) mass is 523 g/mol. The normalized spacial score (nSPS) is 13.8. The van der Waals surface area contributed by atoms with Gasteiger partial charge in [-0.05, 0) is 71.5 Å². The van der Waals surface area contributed by atoms with Gasteiger partial charge in [0.25, 0.3) is 0 Å². The fourth-order valence-electron chi connectivity index (χ4n) is 5.42. The molecule has 0 atom stereocenters. The maximum Gasteiger partial charge on any atom is 0.323 e. The number of aryl methyl sites for hydroxylation is 1. The van der Waals surface area contributed by atoms with Crippen LogP contribution >= 0.6 is 0 Å². The second-order valence-electron chi connectivity index (χ2n) is 10.8. The third-order valence-electron chi connectivity index (χ3n) is 7.28. The number of rotatable bonds is 8. The van der Waals surface area contributed by atoms with Crippen molar-refractivity contribution in [2.45, 2.75) is 58.9 Å². The molecule has 8 nitrogen and oxygen atoms in total. The van der Waals surface area contributed by atoms with Gasteiger partial charge in [0, 0.05) is 23.8 Å². The molecule has 0 radical (unpaired) electrons. The van der Waals surface area contributed by atoms with E-state index < -0.39 is 0 Å². The van der Waals surface area contributed by atoms with E-state index in [9.17, 15) is 4.79 Å². The van der Waals surface area contributed by atoms with Gasteiger partial charge in [-0.25, -0.2) is 9.89 Å². The maximum absolute atomic E-state index is 13.3. The minimum atomic E-state index is -0.266. The highest BCUT2D eigenvalue weighted by molar-refractivity contribution is 6.02. The molecule has 0 spiro atoms. The van der Waals surface area contributed by atoms with Crippen molar-refractivity contribution in [2.75, 3.05) is 22.1 Å². The molecule has 202 valence electrons. The molecule has 1 fully saturated rings. The standard InChI is InChI=1S/C31H37N7O/c1-21(2)20-38(25-9-5-4-6-10-25)29-18-15-23(26-11-7-8-12-27(26)30-34-36-37-35-30)19-28(29)33-31(39)32-24-16-13-22(3)14-17-24/h7-8,11-19,21,25H,4-6,9-10,20H2,1-3H3,(H2,32,33,39)(H,34,35,36,37). The molecular weight excluding hydrogens is 486 g/mol. The number of nitrogens with one attached hydrogen (secondary N) is 3. The first-order chi connectivity index (χ1) is 19.0. The molecule has 5 rings (SSSR count). The average Bonchev–Trinajstić information content (AvgIpc) is 3.49. The van der Waals surface area contributed by atoms with E-state index in [1.807, 2.05) is 49.4 Å². The first-order valence-electron chi connectivity index (χ1n) is 13.9. The molecule has 8 heteroatoms. The highest BCUT2D eigenvalue weighted by Crippen LogP contribution is 2.38. The molecule has 0 aliphatic heterocycles. The summed E-state index contributed by atoms with van der Waals surface area (Å²) in [5.74, 6) is 1.09. The lowest BCUT2D eigenvalue weighted by molar-refractivity contribution is 0.262. The van der Waals surface area contributed by atoms with E-state index in [1.165, 1.54) is 32.1 Å². The molecule has 4 aromatic rings. The van der Waals surface area contributed by atoms with Crippen LogP contribution in [-0.4, -0.2) is 39.2 Å². The zero-order chi connectivity index (χ0) is 27.2. The van der Waals surface area contributed by atoms with Crippen molar-refractivity contribution in [3.05, 3.63) is 72.3 Å². The summed E-state index contributed by atoms with van der Waals surface area (Å²) >= 11 is 0. The summed E-state index contributed by atoms with van der Waals surface area (Å²) in [5, 5.41) is 20.7. The van der Waals surface area contributed by atoms with Gasteiger partial charge >= 0.3 is 6.03 Å². The Balaban J connectivity index is 1.54. The Labute approximate surface area is 230 Å². The largest absolute Gasteiger partial charge is 0.367 e. The smallest absolute Gasteiger partial charge is 0.323 e. The summed E-state index contributed by atoms with van der Waals surface area (Å²) in [6.07, 6.45) is 6.12. The van der Waals surface area contributed by atoms with Gasteiger partial charge in [0.15, 0.2) is 5.82 Å². The third-order valence-corrected chi connectivity index (χ3v) is 7.28. The van der Waals surface area contributed by atoms with Crippen molar-refractivity contribution in [3.63, 3.8) is 0 Å². The second kappa shape index (κ2) is 12.1. The lowest BCUT2D eigenvalue weighted by Gasteiger charge is -2.38. The van der Waals surface area contributed by atoms with Crippen LogP contribution in [0.5, 0.6) is 0 Å². The Morgan fingerprint density at radius 1 is 0.974 bits per heavy atom. The number of nitrogens with zero attached hydrogens (tertiary/aromatic N) is 4. The Bertz CT molecular complexity index is 1380. The van der Waals surface area contributed by atoms with Gasteiger partial charge in [-0.1, -0.05) is 81.1 Å². The number of aromatic amines is 1. The average molecular weight is 524 g/mol. The van der Waals surface area contributed by atoms with E-state index in [2.05, 4.69) is 74.3 Å². The number of aromatic nitrogens is 4. The van der Waals surface area contributed by atoms with Crippen LogP contribution in [0.2, 0.25) is 0 Å². The topological polar surface area (TPSA) is 98.8 Å². The molecule has 1 saturated carbocycles. The van der Waals surface area contributed by atoms with Gasteiger partial charge in [-0.2, -0.15) is 0 Å². The van der Waals surface area contributed by atoms with Crippen LogP contribution < -0.4 is 15.5 Å². The van der Waals surface area contributed by atoms with E-state index in [4.69, 9.17) is 0 Å². The van der Waals surface area contributed by atoms with Crippen molar-refractivity contribution in [1.29, 1.82) is 0 Å². The summed E-state index contributed by atoms with van der Waals surface area (Å²) in [6, 6.07) is 22.4. The minimum absolute atomic E-state index is 0.266. The Morgan fingerprint density at radius 3 is 2.41 bits per heavy atom. The lowest BCUT2D eigenvalue weighted by atomic mass is 9.92. The van der Waals surface area contributed by atoms with Crippen molar-refractivity contribution >= 4 is 23.1 Å². The summed E-state index contributed by atoms with van der Waals surface area (Å²) < 4.78 is 0. The van der Waals surface area contributed by atoms with Crippen LogP contribution in [0.3, 0.4) is 0 Å². The molecule has 1 aromatic heterocycles. The molecule has 3 aromatic carbocycles. The summed E-state index contributed by atoms with van der Waals surface area (Å²) in [4.78, 5) is 15.8. The minimum Gasteiger partial charge on any atom is -0.367 e. The first kappa shape index (κ1) is 26.4. The quantitative estimate of drug-likeness (QED) is 0.225. The number of amides is 2. The molecule has 1 heterocycles. The molecule has 0 saturated heterocycles. The van der Waals surface area contributed by atoms with Crippen LogP contribution in [0.4, 0.5) is 21.9 Å². The van der Waals surface area contributed by atoms with Crippen molar-refractivity contribution in [1.82, 2.24) is 20.6 Å². The van der Waals surface area contributed by atoms with Gasteiger partial charge in [0.05, 0.1) is 11.4 Å². The number of hydrogen-bond donors (Lipinski definition) is 3. The molecule has 39 heavy (non-hydrogen) atoms. The molecule has 1 aliphatic carbocycles. The van der Waals surface area contributed by atoms with E-state index in [0.29, 0.717) is 17.8 Å². The molecule has 1 aliphatic rings. The highest BCUT2D eigenvalue weighted by atomic mass is 16.2. The number of hydrogen-bond acceptors (Lipinski definition) is 5. The second-order valence-corrected chi connectivity index (χ2v) is 10.8. The predicted molar refractivity (Wildman–Crippen MR) is 158 cm³/mol. The van der Waals surface area contributed by atoms with Crippen molar-refractivity contribution in [3.8, 4) is 22.5 Å². The van der Waals surface area contributed by atoms with E-state index in [-0.39, 0.29) is 6.03 Å². The molecule has 0 bridgehead atoms.